The van der Waals surface area contributed by atoms with Gasteiger partial charge in [0.25, 0.3) is 0 Å². The normalized spacial score (nSPS) is 10.2. The molecule has 0 fully saturated rings. The van der Waals surface area contributed by atoms with E-state index in [1.807, 2.05) is 0 Å². The summed E-state index contributed by atoms with van der Waals surface area (Å²) in [6, 6.07) is 9.61. The van der Waals surface area contributed by atoms with Crippen molar-refractivity contribution < 1.29 is 23.5 Å². The minimum Gasteiger partial charge on any atom is -0.465 e. The van der Waals surface area contributed by atoms with Gasteiger partial charge in [0.05, 0.1) is 23.4 Å². The van der Waals surface area contributed by atoms with Gasteiger partial charge in [-0.1, -0.05) is 17.7 Å². The van der Waals surface area contributed by atoms with Gasteiger partial charge in [-0.2, -0.15) is 0 Å². The van der Waals surface area contributed by atoms with Gasteiger partial charge in [0.1, 0.15) is 12.4 Å². The van der Waals surface area contributed by atoms with Gasteiger partial charge in [-0.15, -0.1) is 0 Å². The number of anilines is 2. The summed E-state index contributed by atoms with van der Waals surface area (Å²) < 4.78 is 18.0. The van der Waals surface area contributed by atoms with E-state index in [4.69, 9.17) is 11.6 Å². The van der Waals surface area contributed by atoms with Crippen molar-refractivity contribution in [2.24, 2.45) is 0 Å². The van der Waals surface area contributed by atoms with Gasteiger partial charge < -0.3 is 15.0 Å². The molecule has 0 saturated heterocycles. The van der Waals surface area contributed by atoms with E-state index in [2.05, 4.69) is 10.1 Å². The maximum atomic E-state index is 13.4. The lowest BCUT2D eigenvalue weighted by atomic mass is 10.2. The van der Waals surface area contributed by atoms with Crippen molar-refractivity contribution in [3.8, 4) is 0 Å². The molecule has 0 aliphatic rings. The molecule has 136 valence electrons. The number of ether oxygens (including phenoxy) is 1. The number of rotatable bonds is 5. The van der Waals surface area contributed by atoms with E-state index in [-0.39, 0.29) is 28.5 Å². The Kier molecular flexibility index (Phi) is 6.30. The molecule has 2 aromatic rings. The first-order valence-corrected chi connectivity index (χ1v) is 7.91. The minimum absolute atomic E-state index is 0.197. The Labute approximate surface area is 154 Å². The molecule has 2 amide bonds. The third-order valence-corrected chi connectivity index (χ3v) is 3.79. The molecule has 0 heterocycles. The van der Waals surface area contributed by atoms with Crippen molar-refractivity contribution in [2.45, 2.75) is 6.92 Å². The van der Waals surface area contributed by atoms with Crippen LogP contribution in [0.2, 0.25) is 5.02 Å². The van der Waals surface area contributed by atoms with Crippen LogP contribution in [0.1, 0.15) is 17.3 Å². The summed E-state index contributed by atoms with van der Waals surface area (Å²) in [4.78, 5) is 36.8. The second-order valence-electron chi connectivity index (χ2n) is 5.32. The van der Waals surface area contributed by atoms with E-state index in [9.17, 15) is 18.8 Å². The average molecular weight is 379 g/mol. The number of carbonyl (C=O) groups excluding carboxylic acids is 3. The van der Waals surface area contributed by atoms with Crippen molar-refractivity contribution in [3.63, 3.8) is 0 Å². The van der Waals surface area contributed by atoms with Crippen molar-refractivity contribution in [1.29, 1.82) is 0 Å². The predicted molar refractivity (Wildman–Crippen MR) is 95.8 cm³/mol. The molecule has 8 heteroatoms. The van der Waals surface area contributed by atoms with Crippen molar-refractivity contribution >= 4 is 40.8 Å². The van der Waals surface area contributed by atoms with Crippen LogP contribution in [0.3, 0.4) is 0 Å². The van der Waals surface area contributed by atoms with Crippen LogP contribution in [-0.4, -0.2) is 31.4 Å². The summed E-state index contributed by atoms with van der Waals surface area (Å²) in [5.41, 5.74) is 0.658. The summed E-state index contributed by atoms with van der Waals surface area (Å²) in [7, 11) is 1.24. The van der Waals surface area contributed by atoms with Crippen LogP contribution in [0.4, 0.5) is 15.8 Å². The average Bonchev–Trinajstić information content (AvgIpc) is 2.60. The van der Waals surface area contributed by atoms with Crippen LogP contribution >= 0.6 is 11.6 Å². The minimum atomic E-state index is -0.581. The third-order valence-electron chi connectivity index (χ3n) is 3.46. The zero-order valence-electron chi connectivity index (χ0n) is 14.1. The van der Waals surface area contributed by atoms with Crippen molar-refractivity contribution in [2.75, 3.05) is 23.9 Å². The van der Waals surface area contributed by atoms with Crippen LogP contribution in [0.25, 0.3) is 0 Å². The summed E-state index contributed by atoms with van der Waals surface area (Å²) in [6.45, 7) is 0.917. The molecule has 26 heavy (non-hydrogen) atoms. The van der Waals surface area contributed by atoms with Crippen LogP contribution in [0.5, 0.6) is 0 Å². The standard InChI is InChI=1S/C18H16ClFN2O4/c1-11(23)22(14-5-3-4-13(20)9-14)10-17(24)21-16-8-12(18(25)26-2)6-7-15(16)19/h3-9H,10H2,1-2H3,(H,21,24). The monoisotopic (exact) mass is 378 g/mol. The molecule has 0 aromatic heterocycles. The molecule has 6 nitrogen and oxygen atoms in total. The number of methoxy groups -OCH3 is 1. The molecule has 2 rings (SSSR count). The van der Waals surface area contributed by atoms with Gasteiger partial charge in [-0.3, -0.25) is 9.59 Å². The molecule has 0 atom stereocenters. The lowest BCUT2D eigenvalue weighted by molar-refractivity contribution is -0.120. The van der Waals surface area contributed by atoms with Crippen LogP contribution in [0.15, 0.2) is 42.5 Å². The number of halogens is 2. The van der Waals surface area contributed by atoms with Crippen molar-refractivity contribution in [1.82, 2.24) is 0 Å². The Hall–Kier alpha value is -2.93. The van der Waals surface area contributed by atoms with E-state index < -0.39 is 23.6 Å². The summed E-state index contributed by atoms with van der Waals surface area (Å²) in [5.74, 6) is -2.10. The molecule has 0 aliphatic carbocycles. The van der Waals surface area contributed by atoms with Gasteiger partial charge in [0.2, 0.25) is 11.8 Å². The number of carbonyl (C=O) groups is 3. The van der Waals surface area contributed by atoms with Gasteiger partial charge >= 0.3 is 5.97 Å². The molecular weight excluding hydrogens is 363 g/mol. The van der Waals surface area contributed by atoms with E-state index in [0.717, 1.165) is 11.0 Å². The Morgan fingerprint density at radius 2 is 1.92 bits per heavy atom. The molecular formula is C18H16ClFN2O4. The van der Waals surface area contributed by atoms with Gasteiger partial charge in [0.15, 0.2) is 0 Å². The number of hydrogen-bond acceptors (Lipinski definition) is 4. The third kappa shape index (κ3) is 4.80. The highest BCUT2D eigenvalue weighted by atomic mass is 35.5. The first-order valence-electron chi connectivity index (χ1n) is 7.53. The number of nitrogens with one attached hydrogen (secondary N) is 1. The Balaban J connectivity index is 2.18. The fourth-order valence-electron chi connectivity index (χ4n) is 2.23. The number of hydrogen-bond donors (Lipinski definition) is 1. The lowest BCUT2D eigenvalue weighted by Gasteiger charge is -2.21. The topological polar surface area (TPSA) is 75.7 Å². The molecule has 2 aromatic carbocycles. The highest BCUT2D eigenvalue weighted by Gasteiger charge is 2.18. The predicted octanol–water partition coefficient (Wildman–Crippen LogP) is 3.26. The van der Waals surface area contributed by atoms with Crippen LogP contribution in [-0.2, 0) is 14.3 Å². The first-order chi connectivity index (χ1) is 12.3. The molecule has 0 aliphatic heterocycles. The largest absolute Gasteiger partial charge is 0.465 e. The molecule has 0 spiro atoms. The number of amides is 2. The Morgan fingerprint density at radius 3 is 2.54 bits per heavy atom. The van der Waals surface area contributed by atoms with Gasteiger partial charge in [0, 0.05) is 12.6 Å². The lowest BCUT2D eigenvalue weighted by Crippen LogP contribution is -2.36. The fourth-order valence-corrected chi connectivity index (χ4v) is 2.39. The summed E-state index contributed by atoms with van der Waals surface area (Å²) >= 11 is 6.03. The maximum Gasteiger partial charge on any atom is 0.337 e. The second kappa shape index (κ2) is 8.44. The van der Waals surface area contributed by atoms with Crippen LogP contribution < -0.4 is 10.2 Å². The van der Waals surface area contributed by atoms with E-state index >= 15 is 0 Å². The highest BCUT2D eigenvalue weighted by molar-refractivity contribution is 6.34. The fraction of sp³-hybridized carbons (Fsp3) is 0.167. The molecule has 0 radical (unpaired) electrons. The maximum absolute atomic E-state index is 13.4. The second-order valence-corrected chi connectivity index (χ2v) is 5.73. The summed E-state index contributed by atoms with van der Waals surface area (Å²) in [5, 5.41) is 2.75. The highest BCUT2D eigenvalue weighted by Crippen LogP contribution is 2.24. The van der Waals surface area contributed by atoms with Gasteiger partial charge in [-0.25, -0.2) is 9.18 Å². The van der Waals surface area contributed by atoms with E-state index in [0.29, 0.717) is 0 Å². The van der Waals surface area contributed by atoms with E-state index in [1.54, 1.807) is 0 Å². The van der Waals surface area contributed by atoms with Crippen LogP contribution in [0, 0.1) is 5.82 Å². The summed E-state index contributed by atoms with van der Waals surface area (Å²) in [6.07, 6.45) is 0. The first kappa shape index (κ1) is 19.4. The smallest absolute Gasteiger partial charge is 0.337 e. The number of benzene rings is 2. The van der Waals surface area contributed by atoms with E-state index in [1.165, 1.54) is 50.4 Å². The zero-order valence-corrected chi connectivity index (χ0v) is 14.8. The Morgan fingerprint density at radius 1 is 1.19 bits per heavy atom. The quantitative estimate of drug-likeness (QED) is 0.810. The number of esters is 1. The molecule has 0 unspecified atom stereocenters. The Bertz CT molecular complexity index is 857. The molecule has 1 N–H and O–H groups in total. The molecule has 0 bridgehead atoms. The number of nitrogens with zero attached hydrogens (tertiary/aromatic N) is 1. The van der Waals surface area contributed by atoms with Crippen molar-refractivity contribution in [3.05, 3.63) is 58.9 Å². The molecule has 0 saturated carbocycles. The van der Waals surface area contributed by atoms with Gasteiger partial charge in [-0.05, 0) is 36.4 Å². The zero-order chi connectivity index (χ0) is 19.3. The SMILES string of the molecule is COC(=O)c1ccc(Cl)c(NC(=O)CN(C(C)=O)c2cccc(F)c2)c1.